The highest BCUT2D eigenvalue weighted by atomic mass is 16.1. The molecule has 1 aromatic heterocycles. The van der Waals surface area contributed by atoms with E-state index in [0.717, 1.165) is 61.7 Å². The van der Waals surface area contributed by atoms with Crippen molar-refractivity contribution in [1.29, 1.82) is 0 Å². The number of aromatic nitrogens is 2. The lowest BCUT2D eigenvalue weighted by molar-refractivity contribution is -0.120. The minimum Gasteiger partial charge on any atom is -0.341 e. The number of carbonyl (C=O) groups is 1. The van der Waals surface area contributed by atoms with E-state index in [0.29, 0.717) is 0 Å². The normalized spacial score (nSPS) is 21.1. The smallest absolute Gasteiger partial charge is 0.227 e. The molecule has 0 radical (unpaired) electrons. The van der Waals surface area contributed by atoms with E-state index in [4.69, 9.17) is 4.98 Å². The molecule has 5 nitrogen and oxygen atoms in total. The highest BCUT2D eigenvalue weighted by Crippen LogP contribution is 2.29. The summed E-state index contributed by atoms with van der Waals surface area (Å²) in [7, 11) is 0. The maximum Gasteiger partial charge on any atom is 0.227 e. The predicted octanol–water partition coefficient (Wildman–Crippen LogP) is 3.70. The van der Waals surface area contributed by atoms with Crippen molar-refractivity contribution in [3.8, 4) is 0 Å². The van der Waals surface area contributed by atoms with Crippen LogP contribution in [0.25, 0.3) is 0 Å². The van der Waals surface area contributed by atoms with Crippen LogP contribution in [0.15, 0.2) is 24.4 Å². The van der Waals surface area contributed by atoms with Crippen LogP contribution in [-0.2, 0) is 30.5 Å². The molecular weight excluding hydrogens is 348 g/mol. The molecule has 2 heterocycles. The SMILES string of the molecule is O=C(Nc1ccc2c(c1)CCC2)C1CCc2nc(N3CCCCC3)ncc2C1. The number of hydrogen-bond donors (Lipinski definition) is 1. The number of anilines is 2. The second kappa shape index (κ2) is 7.53. The fourth-order valence-electron chi connectivity index (χ4n) is 4.86. The minimum absolute atomic E-state index is 0.00481. The highest BCUT2D eigenvalue weighted by molar-refractivity contribution is 5.93. The van der Waals surface area contributed by atoms with Crippen molar-refractivity contribution < 1.29 is 4.79 Å². The van der Waals surface area contributed by atoms with Gasteiger partial charge in [0.15, 0.2) is 0 Å². The topological polar surface area (TPSA) is 58.1 Å². The first kappa shape index (κ1) is 17.7. The lowest BCUT2D eigenvalue weighted by Crippen LogP contribution is -2.32. The van der Waals surface area contributed by atoms with Gasteiger partial charge in [0.05, 0.1) is 0 Å². The number of fused-ring (bicyclic) bond motifs is 2. The van der Waals surface area contributed by atoms with Gasteiger partial charge in [-0.05, 0) is 86.6 Å². The fourth-order valence-corrected chi connectivity index (χ4v) is 4.86. The van der Waals surface area contributed by atoms with E-state index in [2.05, 4.69) is 27.3 Å². The number of benzene rings is 1. The van der Waals surface area contributed by atoms with Crippen LogP contribution in [0.3, 0.4) is 0 Å². The number of nitrogens with one attached hydrogen (secondary N) is 1. The molecule has 2 aromatic rings. The van der Waals surface area contributed by atoms with Crippen LogP contribution in [0.4, 0.5) is 11.6 Å². The van der Waals surface area contributed by atoms with Gasteiger partial charge in [-0.15, -0.1) is 0 Å². The molecule has 5 heteroatoms. The molecule has 0 bridgehead atoms. The van der Waals surface area contributed by atoms with E-state index >= 15 is 0 Å². The Hall–Kier alpha value is -2.43. The van der Waals surface area contributed by atoms with Crippen molar-refractivity contribution in [1.82, 2.24) is 9.97 Å². The van der Waals surface area contributed by atoms with Crippen LogP contribution < -0.4 is 10.2 Å². The maximum absolute atomic E-state index is 12.8. The fraction of sp³-hybridized carbons (Fsp3) is 0.522. The standard InChI is InChI=1S/C23H28N4O/c28-22(25-20-9-7-16-5-4-6-17(16)14-20)18-8-10-21-19(13-18)15-24-23(26-21)27-11-2-1-3-12-27/h7,9,14-15,18H,1-6,8,10-13H2,(H,25,28). The third kappa shape index (κ3) is 3.50. The molecule has 28 heavy (non-hydrogen) atoms. The molecule has 3 aliphatic rings. The molecule has 1 amide bonds. The monoisotopic (exact) mass is 376 g/mol. The summed E-state index contributed by atoms with van der Waals surface area (Å²) < 4.78 is 0. The van der Waals surface area contributed by atoms with Crippen LogP contribution in [0.1, 0.15) is 54.5 Å². The molecule has 1 fully saturated rings. The number of carbonyl (C=O) groups excluding carboxylic acids is 1. The Labute approximate surface area is 166 Å². The second-order valence-corrected chi connectivity index (χ2v) is 8.46. The van der Waals surface area contributed by atoms with Crippen LogP contribution in [0.5, 0.6) is 0 Å². The molecule has 146 valence electrons. The average molecular weight is 377 g/mol. The summed E-state index contributed by atoms with van der Waals surface area (Å²) >= 11 is 0. The summed E-state index contributed by atoms with van der Waals surface area (Å²) in [5, 5.41) is 3.15. The van der Waals surface area contributed by atoms with Gasteiger partial charge in [-0.3, -0.25) is 4.79 Å². The van der Waals surface area contributed by atoms with E-state index < -0.39 is 0 Å². The van der Waals surface area contributed by atoms with Crippen molar-refractivity contribution in [2.24, 2.45) is 5.92 Å². The van der Waals surface area contributed by atoms with Gasteiger partial charge in [0.1, 0.15) is 0 Å². The molecule has 2 aliphatic carbocycles. The first-order valence-electron chi connectivity index (χ1n) is 10.8. The third-order valence-electron chi connectivity index (χ3n) is 6.51. The Morgan fingerprint density at radius 3 is 2.75 bits per heavy atom. The Morgan fingerprint density at radius 2 is 1.86 bits per heavy atom. The Bertz CT molecular complexity index is 888. The maximum atomic E-state index is 12.8. The number of piperidine rings is 1. The number of amides is 1. The quantitative estimate of drug-likeness (QED) is 0.887. The van der Waals surface area contributed by atoms with Gasteiger partial charge in [0, 0.05) is 36.6 Å². The van der Waals surface area contributed by atoms with E-state index in [1.807, 2.05) is 12.3 Å². The van der Waals surface area contributed by atoms with Gasteiger partial charge in [-0.2, -0.15) is 0 Å². The summed E-state index contributed by atoms with van der Waals surface area (Å²) in [5.41, 5.74) is 6.04. The zero-order valence-corrected chi connectivity index (χ0v) is 16.4. The molecule has 1 atom stereocenters. The van der Waals surface area contributed by atoms with Gasteiger partial charge in [-0.25, -0.2) is 9.97 Å². The molecule has 0 saturated carbocycles. The first-order chi connectivity index (χ1) is 13.8. The summed E-state index contributed by atoms with van der Waals surface area (Å²) in [4.78, 5) is 24.6. The van der Waals surface area contributed by atoms with E-state index in [1.54, 1.807) is 0 Å². The molecule has 1 unspecified atom stereocenters. The molecule has 1 aromatic carbocycles. The minimum atomic E-state index is 0.00481. The number of hydrogen-bond acceptors (Lipinski definition) is 4. The van der Waals surface area contributed by atoms with Gasteiger partial charge >= 0.3 is 0 Å². The van der Waals surface area contributed by atoms with E-state index in [1.165, 1.54) is 43.2 Å². The average Bonchev–Trinajstić information content (AvgIpc) is 3.21. The van der Waals surface area contributed by atoms with Crippen molar-refractivity contribution in [3.63, 3.8) is 0 Å². The lowest BCUT2D eigenvalue weighted by Gasteiger charge is -2.28. The van der Waals surface area contributed by atoms with Crippen molar-refractivity contribution in [2.75, 3.05) is 23.3 Å². The molecule has 5 rings (SSSR count). The molecule has 1 saturated heterocycles. The number of rotatable bonds is 3. The van der Waals surface area contributed by atoms with Gasteiger partial charge in [-0.1, -0.05) is 6.07 Å². The first-order valence-corrected chi connectivity index (χ1v) is 10.8. The lowest BCUT2D eigenvalue weighted by atomic mass is 9.86. The second-order valence-electron chi connectivity index (χ2n) is 8.46. The van der Waals surface area contributed by atoms with Gasteiger partial charge in [0.2, 0.25) is 11.9 Å². The molecule has 0 spiro atoms. The van der Waals surface area contributed by atoms with Crippen molar-refractivity contribution in [2.45, 2.75) is 57.8 Å². The van der Waals surface area contributed by atoms with Crippen LogP contribution in [0.2, 0.25) is 0 Å². The van der Waals surface area contributed by atoms with Crippen LogP contribution >= 0.6 is 0 Å². The zero-order chi connectivity index (χ0) is 18.9. The Morgan fingerprint density at radius 1 is 1.00 bits per heavy atom. The van der Waals surface area contributed by atoms with E-state index in [-0.39, 0.29) is 11.8 Å². The Balaban J connectivity index is 1.25. The van der Waals surface area contributed by atoms with Gasteiger partial charge < -0.3 is 10.2 Å². The summed E-state index contributed by atoms with van der Waals surface area (Å²) in [6.07, 6.45) is 11.7. The highest BCUT2D eigenvalue weighted by Gasteiger charge is 2.27. The molecular formula is C23H28N4O. The zero-order valence-electron chi connectivity index (χ0n) is 16.4. The molecule has 1 aliphatic heterocycles. The number of aryl methyl sites for hydroxylation is 3. The summed E-state index contributed by atoms with van der Waals surface area (Å²) in [5.74, 6) is 1.01. The van der Waals surface area contributed by atoms with Crippen LogP contribution in [0, 0.1) is 5.92 Å². The number of nitrogens with zero attached hydrogens (tertiary/aromatic N) is 3. The van der Waals surface area contributed by atoms with Crippen molar-refractivity contribution in [3.05, 3.63) is 46.8 Å². The molecule has 1 N–H and O–H groups in total. The predicted molar refractivity (Wildman–Crippen MR) is 111 cm³/mol. The van der Waals surface area contributed by atoms with Gasteiger partial charge in [0.25, 0.3) is 0 Å². The van der Waals surface area contributed by atoms with Crippen LogP contribution in [-0.4, -0.2) is 29.0 Å². The van der Waals surface area contributed by atoms with E-state index in [9.17, 15) is 4.79 Å². The van der Waals surface area contributed by atoms with Crippen molar-refractivity contribution >= 4 is 17.5 Å². The summed E-state index contributed by atoms with van der Waals surface area (Å²) in [6.45, 7) is 2.12. The Kier molecular flexibility index (Phi) is 4.75. The largest absolute Gasteiger partial charge is 0.341 e. The summed E-state index contributed by atoms with van der Waals surface area (Å²) in [6, 6.07) is 6.38. The third-order valence-corrected chi connectivity index (χ3v) is 6.51.